The van der Waals surface area contributed by atoms with Gasteiger partial charge in [-0.1, -0.05) is 12.1 Å². The molecule has 0 aliphatic heterocycles. The first kappa shape index (κ1) is 14.5. The number of benzene rings is 1. The van der Waals surface area contributed by atoms with Gasteiger partial charge >= 0.3 is 0 Å². The minimum atomic E-state index is 0.654. The summed E-state index contributed by atoms with van der Waals surface area (Å²) in [6.45, 7) is 3.09. The van der Waals surface area contributed by atoms with Crippen molar-refractivity contribution in [2.24, 2.45) is 0 Å². The van der Waals surface area contributed by atoms with Crippen molar-refractivity contribution >= 4 is 11.3 Å². The molecule has 1 aromatic heterocycles. The van der Waals surface area contributed by atoms with E-state index in [1.807, 2.05) is 6.07 Å². The molecular weight excluding hydrogens is 280 g/mol. The molecule has 4 heteroatoms. The van der Waals surface area contributed by atoms with E-state index in [0.717, 1.165) is 23.7 Å². The average molecular weight is 302 g/mol. The number of rotatable bonds is 6. The molecule has 1 saturated carbocycles. The average Bonchev–Trinajstić information content (AvgIpc) is 2.87. The standard InChI is InChI=1S/C17H22N2OS/c1-12-19-15(11-21-12)6-7-18-16-8-14(9-16)13-4-3-5-17(10-13)20-2/h3-5,10-11,14,16,18H,6-9H2,1-2H3. The number of nitrogens with one attached hydrogen (secondary N) is 1. The topological polar surface area (TPSA) is 34.1 Å². The second-order valence-electron chi connectivity index (χ2n) is 5.70. The highest BCUT2D eigenvalue weighted by atomic mass is 32.1. The fourth-order valence-electron chi connectivity index (χ4n) is 2.88. The Morgan fingerprint density at radius 3 is 2.95 bits per heavy atom. The van der Waals surface area contributed by atoms with Gasteiger partial charge in [-0.3, -0.25) is 0 Å². The van der Waals surface area contributed by atoms with E-state index >= 15 is 0 Å². The predicted octanol–water partition coefficient (Wildman–Crippen LogP) is 3.54. The third kappa shape index (κ3) is 3.63. The Labute approximate surface area is 130 Å². The monoisotopic (exact) mass is 302 g/mol. The van der Waals surface area contributed by atoms with Gasteiger partial charge in [0, 0.05) is 24.4 Å². The van der Waals surface area contributed by atoms with E-state index in [0.29, 0.717) is 12.0 Å². The zero-order chi connectivity index (χ0) is 14.7. The maximum Gasteiger partial charge on any atom is 0.119 e. The van der Waals surface area contributed by atoms with E-state index in [9.17, 15) is 0 Å². The number of hydrogen-bond donors (Lipinski definition) is 1. The van der Waals surface area contributed by atoms with E-state index in [1.165, 1.54) is 24.1 Å². The lowest BCUT2D eigenvalue weighted by atomic mass is 9.76. The van der Waals surface area contributed by atoms with Crippen LogP contribution in [0, 0.1) is 6.92 Å². The largest absolute Gasteiger partial charge is 0.497 e. The molecule has 1 aliphatic carbocycles. The molecule has 3 nitrogen and oxygen atoms in total. The van der Waals surface area contributed by atoms with Crippen LogP contribution in [-0.4, -0.2) is 24.7 Å². The number of methoxy groups -OCH3 is 1. The van der Waals surface area contributed by atoms with Gasteiger partial charge in [-0.05, 0) is 43.4 Å². The van der Waals surface area contributed by atoms with Crippen LogP contribution in [0.25, 0.3) is 0 Å². The van der Waals surface area contributed by atoms with Gasteiger partial charge in [0.05, 0.1) is 17.8 Å². The maximum absolute atomic E-state index is 5.29. The summed E-state index contributed by atoms with van der Waals surface area (Å²) >= 11 is 1.73. The summed E-state index contributed by atoms with van der Waals surface area (Å²) in [7, 11) is 1.73. The van der Waals surface area contributed by atoms with Crippen molar-refractivity contribution in [2.45, 2.75) is 38.1 Å². The molecule has 0 unspecified atom stereocenters. The van der Waals surface area contributed by atoms with Gasteiger partial charge in [-0.25, -0.2) is 4.98 Å². The molecule has 112 valence electrons. The van der Waals surface area contributed by atoms with Crippen molar-refractivity contribution in [1.29, 1.82) is 0 Å². The number of aromatic nitrogens is 1. The first-order chi connectivity index (χ1) is 10.2. The van der Waals surface area contributed by atoms with Crippen molar-refractivity contribution in [3.05, 3.63) is 45.9 Å². The Morgan fingerprint density at radius 2 is 2.24 bits per heavy atom. The van der Waals surface area contributed by atoms with Crippen LogP contribution in [0.4, 0.5) is 0 Å². The van der Waals surface area contributed by atoms with E-state index in [-0.39, 0.29) is 0 Å². The summed E-state index contributed by atoms with van der Waals surface area (Å²) < 4.78 is 5.29. The number of thiazole rings is 1. The second-order valence-corrected chi connectivity index (χ2v) is 6.77. The molecule has 0 atom stereocenters. The molecule has 2 aromatic rings. The van der Waals surface area contributed by atoms with Crippen LogP contribution in [0.5, 0.6) is 5.75 Å². The molecule has 1 fully saturated rings. The third-order valence-electron chi connectivity index (χ3n) is 4.18. The quantitative estimate of drug-likeness (QED) is 0.886. The number of ether oxygens (including phenoxy) is 1. The van der Waals surface area contributed by atoms with Crippen LogP contribution in [-0.2, 0) is 6.42 Å². The highest BCUT2D eigenvalue weighted by Crippen LogP contribution is 2.37. The summed E-state index contributed by atoms with van der Waals surface area (Å²) in [6.07, 6.45) is 3.48. The van der Waals surface area contributed by atoms with E-state index < -0.39 is 0 Å². The summed E-state index contributed by atoms with van der Waals surface area (Å²) in [5.41, 5.74) is 2.62. The Bertz CT molecular complexity index is 590. The Morgan fingerprint density at radius 1 is 1.38 bits per heavy atom. The summed E-state index contributed by atoms with van der Waals surface area (Å²) in [5, 5.41) is 6.96. The van der Waals surface area contributed by atoms with Crippen LogP contribution in [0.2, 0.25) is 0 Å². The van der Waals surface area contributed by atoms with Crippen molar-refractivity contribution in [3.63, 3.8) is 0 Å². The number of aryl methyl sites for hydroxylation is 1. The van der Waals surface area contributed by atoms with Gasteiger partial charge in [0.15, 0.2) is 0 Å². The second kappa shape index (κ2) is 6.58. The van der Waals surface area contributed by atoms with Gasteiger partial charge in [-0.15, -0.1) is 11.3 Å². The molecule has 0 amide bonds. The zero-order valence-electron chi connectivity index (χ0n) is 12.6. The molecule has 1 heterocycles. The summed E-state index contributed by atoms with van der Waals surface area (Å²) in [6, 6.07) is 9.12. The first-order valence-corrected chi connectivity index (χ1v) is 8.41. The molecule has 21 heavy (non-hydrogen) atoms. The summed E-state index contributed by atoms with van der Waals surface area (Å²) in [5.74, 6) is 1.64. The molecule has 0 saturated heterocycles. The van der Waals surface area contributed by atoms with E-state index in [2.05, 4.69) is 40.8 Å². The minimum absolute atomic E-state index is 0.654. The normalized spacial score (nSPS) is 21.0. The van der Waals surface area contributed by atoms with E-state index in [1.54, 1.807) is 18.4 Å². The van der Waals surface area contributed by atoms with Gasteiger partial charge in [0.25, 0.3) is 0 Å². The molecular formula is C17H22N2OS. The Balaban J connectivity index is 1.41. The fourth-order valence-corrected chi connectivity index (χ4v) is 3.53. The van der Waals surface area contributed by atoms with Crippen molar-refractivity contribution in [2.75, 3.05) is 13.7 Å². The molecule has 1 aliphatic rings. The van der Waals surface area contributed by atoms with E-state index in [4.69, 9.17) is 4.74 Å². The number of hydrogen-bond acceptors (Lipinski definition) is 4. The van der Waals surface area contributed by atoms with Crippen LogP contribution >= 0.6 is 11.3 Å². The van der Waals surface area contributed by atoms with Gasteiger partial charge < -0.3 is 10.1 Å². The summed E-state index contributed by atoms with van der Waals surface area (Å²) in [4.78, 5) is 4.50. The lowest BCUT2D eigenvalue weighted by molar-refractivity contribution is 0.292. The Kier molecular flexibility index (Phi) is 4.56. The molecule has 3 rings (SSSR count). The molecule has 1 aromatic carbocycles. The highest BCUT2D eigenvalue weighted by Gasteiger charge is 2.29. The van der Waals surface area contributed by atoms with Crippen molar-refractivity contribution in [1.82, 2.24) is 10.3 Å². The van der Waals surface area contributed by atoms with Crippen LogP contribution in [0.1, 0.15) is 35.0 Å². The van der Waals surface area contributed by atoms with Crippen LogP contribution in [0.15, 0.2) is 29.6 Å². The number of nitrogens with zero attached hydrogens (tertiary/aromatic N) is 1. The fraction of sp³-hybridized carbons (Fsp3) is 0.471. The zero-order valence-corrected chi connectivity index (χ0v) is 13.5. The first-order valence-electron chi connectivity index (χ1n) is 7.53. The maximum atomic E-state index is 5.29. The molecule has 0 radical (unpaired) electrons. The van der Waals surface area contributed by atoms with Gasteiger partial charge in [0.1, 0.15) is 5.75 Å². The van der Waals surface area contributed by atoms with Gasteiger partial charge in [0.2, 0.25) is 0 Å². The lowest BCUT2D eigenvalue weighted by Crippen LogP contribution is -2.40. The SMILES string of the molecule is COc1cccc(C2CC(NCCc3csc(C)n3)C2)c1. The van der Waals surface area contributed by atoms with Crippen molar-refractivity contribution < 1.29 is 4.74 Å². The van der Waals surface area contributed by atoms with Crippen LogP contribution < -0.4 is 10.1 Å². The molecule has 0 spiro atoms. The lowest BCUT2D eigenvalue weighted by Gasteiger charge is -2.36. The highest BCUT2D eigenvalue weighted by molar-refractivity contribution is 7.09. The van der Waals surface area contributed by atoms with Crippen LogP contribution in [0.3, 0.4) is 0 Å². The predicted molar refractivity (Wildman–Crippen MR) is 87.3 cm³/mol. The Hall–Kier alpha value is -1.39. The third-order valence-corrected chi connectivity index (χ3v) is 5.01. The molecule has 0 bridgehead atoms. The molecule has 1 N–H and O–H groups in total. The smallest absolute Gasteiger partial charge is 0.119 e. The minimum Gasteiger partial charge on any atom is -0.497 e. The van der Waals surface area contributed by atoms with Crippen molar-refractivity contribution in [3.8, 4) is 5.75 Å². The van der Waals surface area contributed by atoms with Gasteiger partial charge in [-0.2, -0.15) is 0 Å².